The predicted molar refractivity (Wildman–Crippen MR) is 135 cm³/mol. The van der Waals surface area contributed by atoms with Crippen LogP contribution in [0.5, 0.6) is 5.75 Å². The van der Waals surface area contributed by atoms with Crippen LogP contribution in [0.1, 0.15) is 24.3 Å². The number of halogens is 1. The van der Waals surface area contributed by atoms with E-state index in [1.54, 1.807) is 12.1 Å². The number of para-hydroxylation sites is 1. The number of nitrogens with zero attached hydrogens (tertiary/aromatic N) is 3. The Kier molecular flexibility index (Phi) is 7.81. The number of carbonyl (C=O) groups excluding carboxylic acids is 1. The zero-order chi connectivity index (χ0) is 24.7. The van der Waals surface area contributed by atoms with E-state index in [9.17, 15) is 9.18 Å². The summed E-state index contributed by atoms with van der Waals surface area (Å²) in [6, 6.07) is 18.2. The van der Waals surface area contributed by atoms with Crippen molar-refractivity contribution in [1.29, 1.82) is 0 Å². The highest BCUT2D eigenvalue weighted by atomic mass is 19.1. The Balaban J connectivity index is 1.11. The third-order valence-electron chi connectivity index (χ3n) is 7.23. The molecule has 8 heteroatoms. The van der Waals surface area contributed by atoms with Crippen LogP contribution >= 0.6 is 0 Å². The van der Waals surface area contributed by atoms with Gasteiger partial charge in [0.15, 0.2) is 5.76 Å². The summed E-state index contributed by atoms with van der Waals surface area (Å²) in [6.07, 6.45) is 2.32. The lowest BCUT2D eigenvalue weighted by Gasteiger charge is -2.38. The monoisotopic (exact) mass is 492 g/mol. The summed E-state index contributed by atoms with van der Waals surface area (Å²) in [5.74, 6) is 2.13. The molecule has 0 aliphatic carbocycles. The Morgan fingerprint density at radius 1 is 1.06 bits per heavy atom. The number of ether oxygens (including phenoxy) is 1. The molecule has 2 fully saturated rings. The highest BCUT2D eigenvalue weighted by Crippen LogP contribution is 2.28. The predicted octanol–water partition coefficient (Wildman–Crippen LogP) is 3.90. The van der Waals surface area contributed by atoms with Crippen molar-refractivity contribution in [1.82, 2.24) is 15.4 Å². The Bertz CT molecular complexity index is 1110. The molecule has 2 aliphatic heterocycles. The number of piperidine rings is 1. The molecule has 2 aromatic carbocycles. The minimum absolute atomic E-state index is 0.225. The van der Waals surface area contributed by atoms with Crippen LogP contribution in [0, 0.1) is 17.7 Å². The first kappa shape index (κ1) is 24.3. The van der Waals surface area contributed by atoms with Gasteiger partial charge in [0, 0.05) is 44.4 Å². The second-order valence-corrected chi connectivity index (χ2v) is 9.65. The van der Waals surface area contributed by atoms with Crippen molar-refractivity contribution in [3.63, 3.8) is 0 Å². The minimum Gasteiger partial charge on any atom is -0.486 e. The van der Waals surface area contributed by atoms with Crippen molar-refractivity contribution >= 4 is 11.6 Å². The summed E-state index contributed by atoms with van der Waals surface area (Å²) >= 11 is 0. The van der Waals surface area contributed by atoms with Gasteiger partial charge in [-0.05, 0) is 74.2 Å². The summed E-state index contributed by atoms with van der Waals surface area (Å²) in [7, 11) is 0. The fourth-order valence-electron chi connectivity index (χ4n) is 5.16. The number of benzene rings is 2. The fraction of sp³-hybridized carbons (Fsp3) is 0.429. The van der Waals surface area contributed by atoms with E-state index in [1.165, 1.54) is 12.1 Å². The molecule has 7 nitrogen and oxygen atoms in total. The largest absolute Gasteiger partial charge is 0.486 e. The first-order chi connectivity index (χ1) is 17.6. The molecule has 0 bridgehead atoms. The van der Waals surface area contributed by atoms with Crippen LogP contribution in [0.2, 0.25) is 0 Å². The topological polar surface area (TPSA) is 70.8 Å². The van der Waals surface area contributed by atoms with Crippen LogP contribution in [0.3, 0.4) is 0 Å². The highest BCUT2D eigenvalue weighted by molar-refractivity contribution is 5.77. The van der Waals surface area contributed by atoms with Crippen molar-refractivity contribution in [3.8, 4) is 5.75 Å². The van der Waals surface area contributed by atoms with Gasteiger partial charge in [-0.25, -0.2) is 4.39 Å². The maximum Gasteiger partial charge on any atom is 0.222 e. The Labute approximate surface area is 211 Å². The number of nitrogens with one attached hydrogen (secondary N) is 1. The van der Waals surface area contributed by atoms with Crippen LogP contribution in [-0.2, 0) is 17.8 Å². The molecule has 1 aromatic heterocycles. The normalized spacial score (nSPS) is 20.4. The summed E-state index contributed by atoms with van der Waals surface area (Å²) in [4.78, 5) is 17.4. The number of piperazine rings is 1. The molecule has 1 amide bonds. The highest BCUT2D eigenvalue weighted by Gasteiger charge is 2.30. The molecule has 2 saturated heterocycles. The number of aromatic nitrogens is 1. The number of hydrogen-bond donors (Lipinski definition) is 1. The maximum atomic E-state index is 13.2. The third kappa shape index (κ3) is 6.23. The van der Waals surface area contributed by atoms with Gasteiger partial charge in [-0.3, -0.25) is 4.79 Å². The molecule has 0 saturated carbocycles. The second kappa shape index (κ2) is 11.6. The van der Waals surface area contributed by atoms with Crippen LogP contribution in [0.25, 0.3) is 0 Å². The number of amides is 1. The number of hydrogen-bond acceptors (Lipinski definition) is 6. The third-order valence-corrected chi connectivity index (χ3v) is 7.23. The number of anilines is 1. The van der Waals surface area contributed by atoms with Crippen LogP contribution in [0.15, 0.2) is 65.2 Å². The lowest BCUT2D eigenvalue weighted by molar-refractivity contribution is -0.133. The van der Waals surface area contributed by atoms with Crippen LogP contribution in [-0.4, -0.2) is 55.2 Å². The van der Waals surface area contributed by atoms with Crippen LogP contribution in [0.4, 0.5) is 10.1 Å². The maximum absolute atomic E-state index is 13.2. The first-order valence-corrected chi connectivity index (χ1v) is 12.8. The number of rotatable bonds is 8. The summed E-state index contributed by atoms with van der Waals surface area (Å²) < 4.78 is 24.5. The SMILES string of the molecule is O=C(CC1CCNCC1Cc1cc(COc2ccccc2)on1)N1CCN(c2ccc(F)cc2)CC1. The van der Waals surface area contributed by atoms with Crippen LogP contribution < -0.4 is 15.0 Å². The molecule has 1 N–H and O–H groups in total. The van der Waals surface area contributed by atoms with Gasteiger partial charge in [0.1, 0.15) is 18.2 Å². The van der Waals surface area contributed by atoms with Gasteiger partial charge < -0.3 is 24.4 Å². The molecule has 5 rings (SSSR count). The van der Waals surface area contributed by atoms with Crippen molar-refractivity contribution in [2.75, 3.05) is 44.2 Å². The van der Waals surface area contributed by atoms with Gasteiger partial charge in [0.2, 0.25) is 5.91 Å². The zero-order valence-electron chi connectivity index (χ0n) is 20.4. The minimum atomic E-state index is -0.230. The summed E-state index contributed by atoms with van der Waals surface area (Å²) in [5, 5.41) is 7.74. The Hall–Kier alpha value is -3.39. The van der Waals surface area contributed by atoms with E-state index in [0.29, 0.717) is 43.7 Å². The van der Waals surface area contributed by atoms with E-state index < -0.39 is 0 Å². The molecule has 2 atom stereocenters. The Morgan fingerprint density at radius 2 is 1.83 bits per heavy atom. The van der Waals surface area contributed by atoms with E-state index in [2.05, 4.69) is 15.4 Å². The van der Waals surface area contributed by atoms with Gasteiger partial charge in [0.05, 0.1) is 5.69 Å². The van der Waals surface area contributed by atoms with Crippen molar-refractivity contribution in [2.24, 2.45) is 11.8 Å². The van der Waals surface area contributed by atoms with Gasteiger partial charge in [-0.1, -0.05) is 23.4 Å². The quantitative estimate of drug-likeness (QED) is 0.514. The average molecular weight is 493 g/mol. The molecule has 36 heavy (non-hydrogen) atoms. The molecular weight excluding hydrogens is 459 g/mol. The first-order valence-electron chi connectivity index (χ1n) is 12.8. The Morgan fingerprint density at radius 3 is 2.61 bits per heavy atom. The molecular formula is C28H33FN4O3. The summed E-state index contributed by atoms with van der Waals surface area (Å²) in [5.41, 5.74) is 1.91. The standard InChI is InChI=1S/C28H33FN4O3/c29-23-6-8-25(9-7-23)32-12-14-33(15-13-32)28(34)17-21-10-11-30-19-22(21)16-24-18-27(36-31-24)20-35-26-4-2-1-3-5-26/h1-9,18,21-22,30H,10-17,19-20H2. The molecule has 190 valence electrons. The van der Waals surface area contributed by atoms with Crippen molar-refractivity contribution < 1.29 is 18.4 Å². The number of carbonyl (C=O) groups is 1. The summed E-state index contributed by atoms with van der Waals surface area (Å²) in [6.45, 7) is 5.06. The second-order valence-electron chi connectivity index (χ2n) is 9.65. The molecule has 3 aromatic rings. The zero-order valence-corrected chi connectivity index (χ0v) is 20.4. The molecule has 2 aliphatic rings. The smallest absolute Gasteiger partial charge is 0.222 e. The molecule has 2 unspecified atom stereocenters. The van der Waals surface area contributed by atoms with Crippen molar-refractivity contribution in [2.45, 2.75) is 25.9 Å². The van der Waals surface area contributed by atoms with E-state index in [-0.39, 0.29) is 11.7 Å². The molecule has 0 spiro atoms. The van der Waals surface area contributed by atoms with Gasteiger partial charge >= 0.3 is 0 Å². The van der Waals surface area contributed by atoms with Crippen molar-refractivity contribution in [3.05, 3.63) is 77.9 Å². The lowest BCUT2D eigenvalue weighted by Crippen LogP contribution is -2.50. The average Bonchev–Trinajstić information content (AvgIpc) is 3.37. The lowest BCUT2D eigenvalue weighted by atomic mass is 9.81. The van der Waals surface area contributed by atoms with E-state index >= 15 is 0 Å². The molecule has 0 radical (unpaired) electrons. The van der Waals surface area contributed by atoms with E-state index in [0.717, 1.165) is 56.2 Å². The molecule has 3 heterocycles. The van der Waals surface area contributed by atoms with E-state index in [1.807, 2.05) is 41.3 Å². The van der Waals surface area contributed by atoms with Gasteiger partial charge in [-0.15, -0.1) is 0 Å². The van der Waals surface area contributed by atoms with Gasteiger partial charge in [-0.2, -0.15) is 0 Å². The fourth-order valence-corrected chi connectivity index (χ4v) is 5.16. The van der Waals surface area contributed by atoms with E-state index in [4.69, 9.17) is 9.26 Å². The van der Waals surface area contributed by atoms with Gasteiger partial charge in [0.25, 0.3) is 0 Å².